The Morgan fingerprint density at radius 2 is 2.20 bits per heavy atom. The molecule has 1 aromatic rings. The van der Waals surface area contributed by atoms with Gasteiger partial charge >= 0.3 is 5.97 Å². The predicted octanol–water partition coefficient (Wildman–Crippen LogP) is 1.14. The number of carbonyl (C=O) groups is 2. The molecule has 1 aliphatic heterocycles. The zero-order valence-electron chi connectivity index (χ0n) is 11.7. The molecule has 1 saturated heterocycles. The van der Waals surface area contributed by atoms with E-state index in [1.807, 2.05) is 6.92 Å². The molecule has 0 spiro atoms. The number of para-hydroxylation sites is 1. The highest BCUT2D eigenvalue weighted by molar-refractivity contribution is 6.07. The average Bonchev–Trinajstić information content (AvgIpc) is 2.88. The van der Waals surface area contributed by atoms with Crippen LogP contribution in [0.15, 0.2) is 18.2 Å². The molecule has 0 aliphatic carbocycles. The number of esters is 1. The van der Waals surface area contributed by atoms with Gasteiger partial charge in [0.2, 0.25) is 5.91 Å². The van der Waals surface area contributed by atoms with Crippen molar-refractivity contribution in [3.63, 3.8) is 0 Å². The summed E-state index contributed by atoms with van der Waals surface area (Å²) in [6.45, 7) is 2.64. The number of hydrogen-bond acceptors (Lipinski definition) is 5. The summed E-state index contributed by atoms with van der Waals surface area (Å²) in [5, 5.41) is 5.92. The summed E-state index contributed by atoms with van der Waals surface area (Å²) in [6.07, 6.45) is 1.69. The molecule has 1 amide bonds. The van der Waals surface area contributed by atoms with E-state index >= 15 is 0 Å². The van der Waals surface area contributed by atoms with Crippen molar-refractivity contribution in [3.8, 4) is 0 Å². The van der Waals surface area contributed by atoms with Crippen LogP contribution in [-0.4, -0.2) is 31.1 Å². The number of anilines is 2. The Kier molecular flexibility index (Phi) is 3.94. The van der Waals surface area contributed by atoms with Gasteiger partial charge in [-0.05, 0) is 38.4 Å². The lowest BCUT2D eigenvalue weighted by atomic mass is 9.98. The van der Waals surface area contributed by atoms with E-state index in [-0.39, 0.29) is 11.5 Å². The molecule has 2 rings (SSSR count). The molecule has 0 radical (unpaired) electrons. The van der Waals surface area contributed by atoms with E-state index in [1.54, 1.807) is 18.2 Å². The number of nitrogens with one attached hydrogen (secondary N) is 2. The summed E-state index contributed by atoms with van der Waals surface area (Å²) in [5.74, 6) is -0.727. The predicted molar refractivity (Wildman–Crippen MR) is 76.5 cm³/mol. The molecule has 1 aliphatic rings. The fourth-order valence-corrected chi connectivity index (χ4v) is 2.33. The third kappa shape index (κ3) is 2.60. The minimum atomic E-state index is -0.629. The molecule has 0 bridgehead atoms. The SMILES string of the molecule is COC(=O)c1cccc(N)c1NC(=O)[C@@]1(C)CCCN1. The summed E-state index contributed by atoms with van der Waals surface area (Å²) in [4.78, 5) is 24.1. The fourth-order valence-electron chi connectivity index (χ4n) is 2.33. The van der Waals surface area contributed by atoms with Crippen LogP contribution in [0.2, 0.25) is 0 Å². The third-order valence-electron chi connectivity index (χ3n) is 3.61. The van der Waals surface area contributed by atoms with Gasteiger partial charge < -0.3 is 21.1 Å². The second-order valence-corrected chi connectivity index (χ2v) is 5.08. The Morgan fingerprint density at radius 3 is 2.80 bits per heavy atom. The second-order valence-electron chi connectivity index (χ2n) is 5.08. The Bertz CT molecular complexity index is 536. The summed E-state index contributed by atoms with van der Waals surface area (Å²) >= 11 is 0. The monoisotopic (exact) mass is 277 g/mol. The molecule has 0 saturated carbocycles. The van der Waals surface area contributed by atoms with Crippen molar-refractivity contribution in [1.29, 1.82) is 0 Å². The van der Waals surface area contributed by atoms with Gasteiger partial charge in [0.05, 0.1) is 29.6 Å². The van der Waals surface area contributed by atoms with Crippen molar-refractivity contribution >= 4 is 23.3 Å². The maximum atomic E-state index is 12.4. The maximum absolute atomic E-state index is 12.4. The van der Waals surface area contributed by atoms with Crippen LogP contribution >= 0.6 is 0 Å². The van der Waals surface area contributed by atoms with Crippen molar-refractivity contribution < 1.29 is 14.3 Å². The average molecular weight is 277 g/mol. The minimum Gasteiger partial charge on any atom is -0.465 e. The van der Waals surface area contributed by atoms with Crippen molar-refractivity contribution in [2.75, 3.05) is 24.7 Å². The van der Waals surface area contributed by atoms with Crippen LogP contribution in [0, 0.1) is 0 Å². The summed E-state index contributed by atoms with van der Waals surface area (Å²) in [6, 6.07) is 4.85. The molecular weight excluding hydrogens is 258 g/mol. The second kappa shape index (κ2) is 5.50. The zero-order valence-corrected chi connectivity index (χ0v) is 11.7. The molecule has 1 fully saturated rings. The smallest absolute Gasteiger partial charge is 0.340 e. The molecule has 4 N–H and O–H groups in total. The first-order valence-corrected chi connectivity index (χ1v) is 6.51. The first-order chi connectivity index (χ1) is 9.48. The Hall–Kier alpha value is -2.08. The topological polar surface area (TPSA) is 93.4 Å². The standard InChI is InChI=1S/C14H19N3O3/c1-14(7-4-8-16-14)13(19)17-11-9(12(18)20-2)5-3-6-10(11)15/h3,5-6,16H,4,7-8,15H2,1-2H3,(H,17,19)/t14-/m1/s1. The lowest BCUT2D eigenvalue weighted by molar-refractivity contribution is -0.121. The van der Waals surface area contributed by atoms with Crippen LogP contribution in [0.3, 0.4) is 0 Å². The van der Waals surface area contributed by atoms with Gasteiger partial charge in [-0.15, -0.1) is 0 Å². The highest BCUT2D eigenvalue weighted by Crippen LogP contribution is 2.27. The molecule has 108 valence electrons. The van der Waals surface area contributed by atoms with E-state index < -0.39 is 11.5 Å². The molecule has 1 heterocycles. The van der Waals surface area contributed by atoms with Gasteiger partial charge in [-0.2, -0.15) is 0 Å². The van der Waals surface area contributed by atoms with Crippen LogP contribution in [-0.2, 0) is 9.53 Å². The molecule has 6 nitrogen and oxygen atoms in total. The van der Waals surface area contributed by atoms with Gasteiger partial charge in [-0.3, -0.25) is 4.79 Å². The first kappa shape index (κ1) is 14.3. The summed E-state index contributed by atoms with van der Waals surface area (Å²) in [7, 11) is 1.29. The number of nitrogen functional groups attached to an aromatic ring is 1. The summed E-state index contributed by atoms with van der Waals surface area (Å²) in [5.41, 5.74) is 6.12. The minimum absolute atomic E-state index is 0.196. The molecule has 1 atom stereocenters. The normalized spacial score (nSPS) is 21.5. The van der Waals surface area contributed by atoms with E-state index in [0.717, 1.165) is 19.4 Å². The van der Waals surface area contributed by atoms with Crippen LogP contribution in [0.5, 0.6) is 0 Å². The molecular formula is C14H19N3O3. The van der Waals surface area contributed by atoms with Gasteiger partial charge in [-0.1, -0.05) is 6.07 Å². The quantitative estimate of drug-likeness (QED) is 0.569. The number of amides is 1. The lowest BCUT2D eigenvalue weighted by Crippen LogP contribution is -2.48. The molecule has 0 aromatic heterocycles. The zero-order chi connectivity index (χ0) is 14.8. The lowest BCUT2D eigenvalue weighted by Gasteiger charge is -2.24. The van der Waals surface area contributed by atoms with Gasteiger partial charge in [0.25, 0.3) is 0 Å². The highest BCUT2D eigenvalue weighted by atomic mass is 16.5. The van der Waals surface area contributed by atoms with Gasteiger partial charge in [0, 0.05) is 0 Å². The largest absolute Gasteiger partial charge is 0.465 e. The first-order valence-electron chi connectivity index (χ1n) is 6.51. The van der Waals surface area contributed by atoms with Crippen molar-refractivity contribution in [1.82, 2.24) is 5.32 Å². The number of benzene rings is 1. The number of carbonyl (C=O) groups excluding carboxylic acids is 2. The number of nitrogens with two attached hydrogens (primary N) is 1. The van der Waals surface area contributed by atoms with Gasteiger partial charge in [0.1, 0.15) is 0 Å². The Balaban J connectivity index is 2.29. The van der Waals surface area contributed by atoms with Crippen molar-refractivity contribution in [2.45, 2.75) is 25.3 Å². The number of hydrogen-bond donors (Lipinski definition) is 3. The van der Waals surface area contributed by atoms with Crippen LogP contribution in [0.4, 0.5) is 11.4 Å². The number of rotatable bonds is 3. The Morgan fingerprint density at radius 1 is 1.45 bits per heavy atom. The molecule has 0 unspecified atom stereocenters. The van der Waals surface area contributed by atoms with E-state index in [0.29, 0.717) is 11.4 Å². The molecule has 1 aromatic carbocycles. The molecule has 20 heavy (non-hydrogen) atoms. The third-order valence-corrected chi connectivity index (χ3v) is 3.61. The van der Waals surface area contributed by atoms with Crippen LogP contribution < -0.4 is 16.4 Å². The van der Waals surface area contributed by atoms with E-state index in [4.69, 9.17) is 10.5 Å². The van der Waals surface area contributed by atoms with Crippen LogP contribution in [0.1, 0.15) is 30.1 Å². The summed E-state index contributed by atoms with van der Waals surface area (Å²) < 4.78 is 4.70. The van der Waals surface area contributed by atoms with Crippen molar-refractivity contribution in [3.05, 3.63) is 23.8 Å². The maximum Gasteiger partial charge on any atom is 0.340 e. The Labute approximate surface area is 117 Å². The van der Waals surface area contributed by atoms with E-state index in [2.05, 4.69) is 10.6 Å². The van der Waals surface area contributed by atoms with Crippen LogP contribution in [0.25, 0.3) is 0 Å². The van der Waals surface area contributed by atoms with Gasteiger partial charge in [-0.25, -0.2) is 4.79 Å². The molecule has 6 heteroatoms. The van der Waals surface area contributed by atoms with Gasteiger partial charge in [0.15, 0.2) is 0 Å². The fraction of sp³-hybridized carbons (Fsp3) is 0.429. The van der Waals surface area contributed by atoms with Crippen molar-refractivity contribution in [2.24, 2.45) is 0 Å². The van der Waals surface area contributed by atoms with E-state index in [9.17, 15) is 9.59 Å². The highest BCUT2D eigenvalue weighted by Gasteiger charge is 2.36. The van der Waals surface area contributed by atoms with E-state index in [1.165, 1.54) is 7.11 Å². The number of ether oxygens (including phenoxy) is 1. The number of methoxy groups -OCH3 is 1.